The highest BCUT2D eigenvalue weighted by Crippen LogP contribution is 2.25. The number of methoxy groups -OCH3 is 1. The Bertz CT molecular complexity index is 733. The van der Waals surface area contributed by atoms with Crippen molar-refractivity contribution in [1.29, 1.82) is 0 Å². The summed E-state index contributed by atoms with van der Waals surface area (Å²) in [5, 5.41) is 0. The number of nitrogens with zero attached hydrogens (tertiary/aromatic N) is 1. The van der Waals surface area contributed by atoms with Crippen molar-refractivity contribution in [3.63, 3.8) is 0 Å². The van der Waals surface area contributed by atoms with Gasteiger partial charge in [0.15, 0.2) is 5.78 Å². The predicted octanol–water partition coefficient (Wildman–Crippen LogP) is 4.90. The zero-order chi connectivity index (χ0) is 17.9. The number of aryl methyl sites for hydroxylation is 3. The Kier molecular flexibility index (Phi) is 6.30. The second-order valence-corrected chi connectivity index (χ2v) is 7.47. The molecular formula is C20H27NO2S. The smallest absolute Gasteiger partial charge is 0.174 e. The Morgan fingerprint density at radius 1 is 1.17 bits per heavy atom. The van der Waals surface area contributed by atoms with Crippen molar-refractivity contribution in [3.8, 4) is 0 Å². The molecule has 0 fully saturated rings. The Labute approximate surface area is 149 Å². The molecule has 4 heteroatoms. The van der Waals surface area contributed by atoms with E-state index in [1.165, 1.54) is 11.1 Å². The van der Waals surface area contributed by atoms with Crippen LogP contribution < -0.4 is 0 Å². The zero-order valence-corrected chi connectivity index (χ0v) is 16.3. The minimum atomic E-state index is 0.183. The molecule has 130 valence electrons. The van der Waals surface area contributed by atoms with Gasteiger partial charge in [-0.15, -0.1) is 11.8 Å². The van der Waals surface area contributed by atoms with E-state index < -0.39 is 0 Å². The highest BCUT2D eigenvalue weighted by molar-refractivity contribution is 8.00. The number of benzene rings is 1. The molecule has 0 saturated carbocycles. The molecule has 0 bridgehead atoms. The van der Waals surface area contributed by atoms with E-state index in [1.54, 1.807) is 18.9 Å². The minimum Gasteiger partial charge on any atom is -0.383 e. The third-order valence-corrected chi connectivity index (χ3v) is 5.48. The van der Waals surface area contributed by atoms with Crippen LogP contribution in [-0.4, -0.2) is 29.8 Å². The molecule has 0 aliphatic carbocycles. The summed E-state index contributed by atoms with van der Waals surface area (Å²) >= 11 is 1.61. The largest absolute Gasteiger partial charge is 0.383 e. The molecule has 0 aliphatic heterocycles. The first-order chi connectivity index (χ1) is 11.3. The molecule has 0 radical (unpaired) electrons. The number of hydrogen-bond acceptors (Lipinski definition) is 3. The molecule has 1 atom stereocenters. The Balaban J connectivity index is 2.12. The highest BCUT2D eigenvalue weighted by atomic mass is 32.2. The maximum Gasteiger partial charge on any atom is 0.174 e. The average molecular weight is 346 g/mol. The summed E-state index contributed by atoms with van der Waals surface area (Å²) in [6, 6.07) is 8.58. The maximum absolute atomic E-state index is 12.7. The molecule has 0 spiro atoms. The molecule has 24 heavy (non-hydrogen) atoms. The lowest BCUT2D eigenvalue weighted by atomic mass is 10.1. The molecule has 2 rings (SSSR count). The first kappa shape index (κ1) is 18.8. The molecule has 1 unspecified atom stereocenters. The van der Waals surface area contributed by atoms with Gasteiger partial charge in [0.2, 0.25) is 0 Å². The molecule has 1 aromatic carbocycles. The van der Waals surface area contributed by atoms with Crippen LogP contribution in [0.4, 0.5) is 0 Å². The van der Waals surface area contributed by atoms with Gasteiger partial charge in [-0.2, -0.15) is 0 Å². The minimum absolute atomic E-state index is 0.183. The SMILES string of the molecule is COCC(C)n1c(C)cc(C(=O)CSc2ccc(C)c(C)c2)c1C. The number of carbonyl (C=O) groups excluding carboxylic acids is 1. The Hall–Kier alpha value is -1.52. The fourth-order valence-corrected chi connectivity index (χ4v) is 3.96. The molecule has 0 N–H and O–H groups in total. The fraction of sp³-hybridized carbons (Fsp3) is 0.450. The van der Waals surface area contributed by atoms with Gasteiger partial charge in [0.1, 0.15) is 0 Å². The van der Waals surface area contributed by atoms with Gasteiger partial charge in [-0.05, 0) is 63.9 Å². The van der Waals surface area contributed by atoms with E-state index in [0.29, 0.717) is 12.4 Å². The van der Waals surface area contributed by atoms with Crippen molar-refractivity contribution >= 4 is 17.5 Å². The second-order valence-electron chi connectivity index (χ2n) is 6.42. The number of Topliss-reactive ketones (excluding diaryl/α,β-unsaturated/α-hetero) is 1. The van der Waals surface area contributed by atoms with E-state index >= 15 is 0 Å². The number of hydrogen-bond donors (Lipinski definition) is 0. The maximum atomic E-state index is 12.7. The monoisotopic (exact) mass is 345 g/mol. The fourth-order valence-electron chi connectivity index (χ4n) is 3.08. The van der Waals surface area contributed by atoms with E-state index in [2.05, 4.69) is 43.5 Å². The van der Waals surface area contributed by atoms with Crippen molar-refractivity contribution in [3.05, 3.63) is 52.3 Å². The lowest BCUT2D eigenvalue weighted by Crippen LogP contribution is -2.14. The van der Waals surface area contributed by atoms with E-state index in [-0.39, 0.29) is 11.8 Å². The van der Waals surface area contributed by atoms with Crippen molar-refractivity contribution in [2.75, 3.05) is 19.5 Å². The quantitative estimate of drug-likeness (QED) is 0.528. The van der Waals surface area contributed by atoms with Crippen LogP contribution in [0, 0.1) is 27.7 Å². The number of rotatable bonds is 7. The second kappa shape index (κ2) is 8.04. The van der Waals surface area contributed by atoms with Gasteiger partial charge in [0.25, 0.3) is 0 Å². The molecular weight excluding hydrogens is 318 g/mol. The van der Waals surface area contributed by atoms with E-state index in [0.717, 1.165) is 21.8 Å². The first-order valence-electron chi connectivity index (χ1n) is 8.25. The standard InChI is InChI=1S/C20H27NO2S/c1-13-7-8-18(9-14(13)2)24-12-20(22)19-10-15(3)21(17(19)5)16(4)11-23-6/h7-10,16H,11-12H2,1-6H3. The normalized spacial score (nSPS) is 12.4. The summed E-state index contributed by atoms with van der Waals surface area (Å²) in [5.41, 5.74) is 5.51. The van der Waals surface area contributed by atoms with Gasteiger partial charge < -0.3 is 9.30 Å². The van der Waals surface area contributed by atoms with Gasteiger partial charge in [-0.1, -0.05) is 6.07 Å². The topological polar surface area (TPSA) is 31.2 Å². The summed E-state index contributed by atoms with van der Waals surface area (Å²) in [6.07, 6.45) is 0. The first-order valence-corrected chi connectivity index (χ1v) is 9.24. The van der Waals surface area contributed by atoms with Crippen LogP contribution in [0.15, 0.2) is 29.2 Å². The van der Waals surface area contributed by atoms with E-state index in [4.69, 9.17) is 4.74 Å². The molecule has 0 aliphatic rings. The van der Waals surface area contributed by atoms with E-state index in [9.17, 15) is 4.79 Å². The van der Waals surface area contributed by atoms with Gasteiger partial charge in [0, 0.05) is 29.0 Å². The number of aromatic nitrogens is 1. The van der Waals surface area contributed by atoms with Crippen molar-refractivity contribution in [2.24, 2.45) is 0 Å². The van der Waals surface area contributed by atoms with Crippen molar-refractivity contribution in [2.45, 2.75) is 45.6 Å². The van der Waals surface area contributed by atoms with Crippen molar-refractivity contribution in [1.82, 2.24) is 4.57 Å². The third-order valence-electron chi connectivity index (χ3n) is 4.48. The highest BCUT2D eigenvalue weighted by Gasteiger charge is 2.18. The summed E-state index contributed by atoms with van der Waals surface area (Å²) in [6.45, 7) is 11.0. The molecule has 2 aromatic rings. The van der Waals surface area contributed by atoms with Crippen LogP contribution in [-0.2, 0) is 4.74 Å². The lowest BCUT2D eigenvalue weighted by Gasteiger charge is -2.17. The van der Waals surface area contributed by atoms with Gasteiger partial charge in [0.05, 0.1) is 18.4 Å². The summed E-state index contributed by atoms with van der Waals surface area (Å²) < 4.78 is 7.45. The summed E-state index contributed by atoms with van der Waals surface area (Å²) in [5.74, 6) is 0.646. The molecule has 1 aromatic heterocycles. The zero-order valence-electron chi connectivity index (χ0n) is 15.5. The van der Waals surface area contributed by atoms with Crippen LogP contribution in [0.2, 0.25) is 0 Å². The van der Waals surface area contributed by atoms with Gasteiger partial charge >= 0.3 is 0 Å². The average Bonchev–Trinajstić information content (AvgIpc) is 2.83. The van der Waals surface area contributed by atoms with E-state index in [1.807, 2.05) is 19.9 Å². The molecule has 0 saturated heterocycles. The Morgan fingerprint density at radius 2 is 1.88 bits per heavy atom. The lowest BCUT2D eigenvalue weighted by molar-refractivity contribution is 0.102. The van der Waals surface area contributed by atoms with Crippen LogP contribution in [0.1, 0.15) is 45.8 Å². The molecule has 1 heterocycles. The van der Waals surface area contributed by atoms with Crippen LogP contribution in [0.3, 0.4) is 0 Å². The molecule has 3 nitrogen and oxygen atoms in total. The Morgan fingerprint density at radius 3 is 2.50 bits per heavy atom. The van der Waals surface area contributed by atoms with Crippen LogP contribution in [0.5, 0.6) is 0 Å². The van der Waals surface area contributed by atoms with Gasteiger partial charge in [-0.25, -0.2) is 0 Å². The summed E-state index contributed by atoms with van der Waals surface area (Å²) in [7, 11) is 1.71. The van der Waals surface area contributed by atoms with Crippen LogP contribution >= 0.6 is 11.8 Å². The number of thioether (sulfide) groups is 1. The van der Waals surface area contributed by atoms with Gasteiger partial charge in [-0.3, -0.25) is 4.79 Å². The van der Waals surface area contributed by atoms with Crippen molar-refractivity contribution < 1.29 is 9.53 Å². The number of carbonyl (C=O) groups is 1. The number of ether oxygens (including phenoxy) is 1. The predicted molar refractivity (Wildman–Crippen MR) is 101 cm³/mol. The third kappa shape index (κ3) is 4.11. The number of ketones is 1. The molecule has 0 amide bonds. The summed E-state index contributed by atoms with van der Waals surface area (Å²) in [4.78, 5) is 13.8. The van der Waals surface area contributed by atoms with Crippen LogP contribution in [0.25, 0.3) is 0 Å².